The lowest BCUT2D eigenvalue weighted by molar-refractivity contribution is 0.112. The van der Waals surface area contributed by atoms with Crippen LogP contribution in [0.5, 0.6) is 5.75 Å². The first kappa shape index (κ1) is 13.3. The lowest BCUT2D eigenvalue weighted by atomic mass is 9.80. The van der Waals surface area contributed by atoms with Gasteiger partial charge in [-0.2, -0.15) is 0 Å². The Morgan fingerprint density at radius 1 is 1.11 bits per heavy atom. The zero-order chi connectivity index (χ0) is 14.0. The van der Waals surface area contributed by atoms with Crippen molar-refractivity contribution in [1.82, 2.24) is 4.98 Å². The SMILES string of the molecule is CC(C)(C)c1c(-c2ccncc2)ccc(C=O)c1O. The molecule has 0 aliphatic rings. The van der Waals surface area contributed by atoms with Gasteiger partial charge in [0.25, 0.3) is 0 Å². The number of nitrogens with zero attached hydrogens (tertiary/aromatic N) is 1. The van der Waals surface area contributed by atoms with Crippen molar-refractivity contribution in [3.63, 3.8) is 0 Å². The molecule has 1 aromatic heterocycles. The molecule has 19 heavy (non-hydrogen) atoms. The molecule has 0 saturated carbocycles. The highest BCUT2D eigenvalue weighted by atomic mass is 16.3. The van der Waals surface area contributed by atoms with Crippen molar-refractivity contribution in [2.24, 2.45) is 0 Å². The summed E-state index contributed by atoms with van der Waals surface area (Å²) >= 11 is 0. The Balaban J connectivity index is 2.76. The molecular weight excluding hydrogens is 238 g/mol. The van der Waals surface area contributed by atoms with Crippen LogP contribution in [0.2, 0.25) is 0 Å². The van der Waals surface area contributed by atoms with Crippen LogP contribution in [-0.4, -0.2) is 16.4 Å². The summed E-state index contributed by atoms with van der Waals surface area (Å²) in [5, 5.41) is 10.3. The number of benzene rings is 1. The smallest absolute Gasteiger partial charge is 0.153 e. The molecule has 1 heterocycles. The number of aldehydes is 1. The number of rotatable bonds is 2. The quantitative estimate of drug-likeness (QED) is 0.835. The van der Waals surface area contributed by atoms with Gasteiger partial charge in [0, 0.05) is 18.0 Å². The number of phenols is 1. The standard InChI is InChI=1S/C16H17NO2/c1-16(2,3)14-13(11-6-8-17-9-7-11)5-4-12(10-18)15(14)19/h4-10,19H,1-3H3. The van der Waals surface area contributed by atoms with Crippen LogP contribution in [0.3, 0.4) is 0 Å². The number of aromatic hydroxyl groups is 1. The van der Waals surface area contributed by atoms with E-state index in [0.717, 1.165) is 16.7 Å². The van der Waals surface area contributed by atoms with Crippen molar-refractivity contribution in [1.29, 1.82) is 0 Å². The van der Waals surface area contributed by atoms with E-state index in [-0.39, 0.29) is 11.2 Å². The third kappa shape index (κ3) is 2.50. The van der Waals surface area contributed by atoms with Gasteiger partial charge in [-0.25, -0.2) is 0 Å². The Morgan fingerprint density at radius 3 is 2.26 bits per heavy atom. The molecule has 2 rings (SSSR count). The minimum atomic E-state index is -0.262. The van der Waals surface area contributed by atoms with Crippen molar-refractivity contribution in [3.8, 4) is 16.9 Å². The van der Waals surface area contributed by atoms with Crippen LogP contribution in [0, 0.1) is 0 Å². The lowest BCUT2D eigenvalue weighted by Crippen LogP contribution is -2.14. The average molecular weight is 255 g/mol. The Labute approximate surface area is 112 Å². The Bertz CT molecular complexity index is 598. The van der Waals surface area contributed by atoms with E-state index in [2.05, 4.69) is 4.98 Å². The molecule has 0 atom stereocenters. The van der Waals surface area contributed by atoms with E-state index in [4.69, 9.17) is 0 Å². The predicted molar refractivity (Wildman–Crippen MR) is 75.4 cm³/mol. The highest BCUT2D eigenvalue weighted by Gasteiger charge is 2.24. The summed E-state index contributed by atoms with van der Waals surface area (Å²) in [6.07, 6.45) is 4.11. The number of pyridine rings is 1. The number of hydrogen-bond donors (Lipinski definition) is 1. The molecule has 0 saturated heterocycles. The van der Waals surface area contributed by atoms with Gasteiger partial charge in [0.05, 0.1) is 5.56 Å². The monoisotopic (exact) mass is 255 g/mol. The summed E-state index contributed by atoms with van der Waals surface area (Å²) in [5.74, 6) is 0.0665. The Kier molecular flexibility index (Phi) is 3.38. The van der Waals surface area contributed by atoms with Crippen molar-refractivity contribution >= 4 is 6.29 Å². The summed E-state index contributed by atoms with van der Waals surface area (Å²) in [4.78, 5) is 15.0. The molecule has 0 aliphatic heterocycles. The fourth-order valence-electron chi connectivity index (χ4n) is 2.23. The summed E-state index contributed by atoms with van der Waals surface area (Å²) in [7, 11) is 0. The first-order chi connectivity index (χ1) is 8.95. The maximum atomic E-state index is 11.0. The largest absolute Gasteiger partial charge is 0.507 e. The molecule has 3 heteroatoms. The van der Waals surface area contributed by atoms with Crippen LogP contribution in [0.25, 0.3) is 11.1 Å². The van der Waals surface area contributed by atoms with Gasteiger partial charge in [-0.3, -0.25) is 9.78 Å². The van der Waals surface area contributed by atoms with Crippen LogP contribution in [0.15, 0.2) is 36.7 Å². The maximum absolute atomic E-state index is 11.0. The third-order valence-electron chi connectivity index (χ3n) is 3.08. The van der Waals surface area contributed by atoms with E-state index in [1.54, 1.807) is 18.5 Å². The summed E-state index contributed by atoms with van der Waals surface area (Å²) in [6, 6.07) is 7.31. The van der Waals surface area contributed by atoms with Gasteiger partial charge in [0.1, 0.15) is 5.75 Å². The van der Waals surface area contributed by atoms with Crippen LogP contribution in [0.1, 0.15) is 36.7 Å². The number of aromatic nitrogens is 1. The maximum Gasteiger partial charge on any atom is 0.153 e. The summed E-state index contributed by atoms with van der Waals surface area (Å²) in [5.41, 5.74) is 2.75. The average Bonchev–Trinajstić information content (AvgIpc) is 2.38. The van der Waals surface area contributed by atoms with Crippen LogP contribution in [0.4, 0.5) is 0 Å². The van der Waals surface area contributed by atoms with Gasteiger partial charge in [-0.15, -0.1) is 0 Å². The molecule has 2 aromatic rings. The first-order valence-corrected chi connectivity index (χ1v) is 6.17. The normalized spacial score (nSPS) is 11.3. The van der Waals surface area contributed by atoms with Gasteiger partial charge in [-0.1, -0.05) is 26.8 Å². The van der Waals surface area contributed by atoms with E-state index >= 15 is 0 Å². The second kappa shape index (κ2) is 4.84. The highest BCUT2D eigenvalue weighted by molar-refractivity contribution is 5.84. The predicted octanol–water partition coefficient (Wildman–Crippen LogP) is 3.56. The molecule has 0 amide bonds. The topological polar surface area (TPSA) is 50.2 Å². The van der Waals surface area contributed by atoms with Gasteiger partial charge in [-0.05, 0) is 34.7 Å². The number of phenolic OH excluding ortho intramolecular Hbond substituents is 1. The Hall–Kier alpha value is -2.16. The Morgan fingerprint density at radius 2 is 1.74 bits per heavy atom. The first-order valence-electron chi connectivity index (χ1n) is 6.17. The molecule has 0 fully saturated rings. The molecular formula is C16H17NO2. The molecule has 0 radical (unpaired) electrons. The number of carbonyl (C=O) groups is 1. The molecule has 0 aliphatic carbocycles. The molecule has 1 N–H and O–H groups in total. The van der Waals surface area contributed by atoms with Crippen molar-refractivity contribution < 1.29 is 9.90 Å². The highest BCUT2D eigenvalue weighted by Crippen LogP contribution is 2.40. The molecule has 98 valence electrons. The van der Waals surface area contributed by atoms with Gasteiger partial charge >= 0.3 is 0 Å². The van der Waals surface area contributed by atoms with Crippen LogP contribution >= 0.6 is 0 Å². The fourth-order valence-corrected chi connectivity index (χ4v) is 2.23. The van der Waals surface area contributed by atoms with Crippen molar-refractivity contribution in [3.05, 3.63) is 47.8 Å². The molecule has 3 nitrogen and oxygen atoms in total. The zero-order valence-corrected chi connectivity index (χ0v) is 11.3. The fraction of sp³-hybridized carbons (Fsp3) is 0.250. The van der Waals surface area contributed by atoms with E-state index in [1.165, 1.54) is 0 Å². The number of carbonyl (C=O) groups excluding carboxylic acids is 1. The molecule has 0 spiro atoms. The van der Waals surface area contributed by atoms with Crippen LogP contribution in [-0.2, 0) is 5.41 Å². The van der Waals surface area contributed by atoms with E-state index < -0.39 is 0 Å². The summed E-state index contributed by atoms with van der Waals surface area (Å²) < 4.78 is 0. The van der Waals surface area contributed by atoms with E-state index in [0.29, 0.717) is 11.8 Å². The van der Waals surface area contributed by atoms with Gasteiger partial charge in [0.15, 0.2) is 6.29 Å². The van der Waals surface area contributed by atoms with Crippen molar-refractivity contribution in [2.75, 3.05) is 0 Å². The summed E-state index contributed by atoms with van der Waals surface area (Å²) in [6.45, 7) is 6.05. The second-order valence-electron chi connectivity index (χ2n) is 5.53. The van der Waals surface area contributed by atoms with Crippen molar-refractivity contribution in [2.45, 2.75) is 26.2 Å². The second-order valence-corrected chi connectivity index (χ2v) is 5.53. The minimum Gasteiger partial charge on any atom is -0.507 e. The third-order valence-corrected chi connectivity index (χ3v) is 3.08. The lowest BCUT2D eigenvalue weighted by Gasteiger charge is -2.25. The van der Waals surface area contributed by atoms with E-state index in [9.17, 15) is 9.90 Å². The van der Waals surface area contributed by atoms with Gasteiger partial charge in [0.2, 0.25) is 0 Å². The molecule has 0 bridgehead atoms. The van der Waals surface area contributed by atoms with Crippen LogP contribution < -0.4 is 0 Å². The minimum absolute atomic E-state index is 0.0665. The number of hydrogen-bond acceptors (Lipinski definition) is 3. The van der Waals surface area contributed by atoms with Gasteiger partial charge < -0.3 is 5.11 Å². The zero-order valence-electron chi connectivity index (χ0n) is 11.3. The molecule has 1 aromatic carbocycles. The van der Waals surface area contributed by atoms with E-state index in [1.807, 2.05) is 39.0 Å². The molecule has 0 unspecified atom stereocenters.